The summed E-state index contributed by atoms with van der Waals surface area (Å²) in [6.07, 6.45) is 2.22. The molecule has 0 aromatic carbocycles. The molecule has 6 rings (SSSR count). The van der Waals surface area contributed by atoms with E-state index in [2.05, 4.69) is 27.2 Å². The number of rotatable bonds is 4. The SMILES string of the molecule is CC12CC(c3cn4cc(NC(=O)c5cccc(C(F)F)n5)[nH]c(=O)c4n3)(CO1)C2. The first-order valence-corrected chi connectivity index (χ1v) is 9.10. The molecule has 3 aromatic rings. The molecule has 2 saturated heterocycles. The zero-order valence-electron chi connectivity index (χ0n) is 15.4. The highest BCUT2D eigenvalue weighted by molar-refractivity contribution is 6.02. The van der Waals surface area contributed by atoms with E-state index in [0.717, 1.165) is 24.6 Å². The van der Waals surface area contributed by atoms with E-state index < -0.39 is 23.6 Å². The molecule has 2 N–H and O–H groups in total. The molecule has 3 aromatic heterocycles. The Kier molecular flexibility index (Phi) is 3.66. The molecule has 0 unspecified atom stereocenters. The number of aromatic nitrogens is 4. The van der Waals surface area contributed by atoms with Crippen molar-refractivity contribution >= 4 is 17.4 Å². The Labute approximate surface area is 162 Å². The van der Waals surface area contributed by atoms with Crippen LogP contribution in [0.4, 0.5) is 14.6 Å². The summed E-state index contributed by atoms with van der Waals surface area (Å²) in [7, 11) is 0. The van der Waals surface area contributed by atoms with Crippen LogP contribution >= 0.6 is 0 Å². The number of H-pyrrole nitrogens is 1. The van der Waals surface area contributed by atoms with E-state index in [-0.39, 0.29) is 28.2 Å². The average molecular weight is 401 g/mol. The van der Waals surface area contributed by atoms with Crippen LogP contribution in [0.1, 0.15) is 48.1 Å². The van der Waals surface area contributed by atoms with E-state index in [0.29, 0.717) is 6.61 Å². The minimum atomic E-state index is -2.78. The van der Waals surface area contributed by atoms with E-state index in [1.165, 1.54) is 18.3 Å². The summed E-state index contributed by atoms with van der Waals surface area (Å²) in [6.45, 7) is 2.63. The van der Waals surface area contributed by atoms with E-state index >= 15 is 0 Å². The van der Waals surface area contributed by atoms with Crippen molar-refractivity contribution in [3.8, 4) is 0 Å². The van der Waals surface area contributed by atoms with E-state index in [4.69, 9.17) is 4.74 Å². The Balaban J connectivity index is 1.43. The van der Waals surface area contributed by atoms with Crippen LogP contribution in [0.5, 0.6) is 0 Å². The standard InChI is InChI=1S/C19H17F2N5O3/c1-18-7-19(8-18,9-29-18)12-5-26-6-13(25-17(28)15(26)23-12)24-16(27)11-4-2-3-10(22-11)14(20)21/h2-6,14H,7-9H2,1H3,(H,24,27)(H,25,28). The molecule has 0 spiro atoms. The number of ether oxygens (including phenoxy) is 1. The van der Waals surface area contributed by atoms with Crippen molar-refractivity contribution in [1.82, 2.24) is 19.4 Å². The highest BCUT2D eigenvalue weighted by atomic mass is 19.3. The number of hydrogen-bond acceptors (Lipinski definition) is 5. The number of carbonyl (C=O) groups excluding carboxylic acids is 1. The third-order valence-corrected chi connectivity index (χ3v) is 5.59. The lowest BCUT2D eigenvalue weighted by Gasteiger charge is -2.41. The number of aromatic amines is 1. The van der Waals surface area contributed by atoms with Crippen molar-refractivity contribution in [3.63, 3.8) is 0 Å². The number of nitrogens with zero attached hydrogens (tertiary/aromatic N) is 3. The number of alkyl halides is 2. The summed E-state index contributed by atoms with van der Waals surface area (Å²) in [4.78, 5) is 35.5. The van der Waals surface area contributed by atoms with Crippen molar-refractivity contribution in [2.45, 2.75) is 37.2 Å². The van der Waals surface area contributed by atoms with Gasteiger partial charge in [0.05, 0.1) is 24.1 Å². The second kappa shape index (κ2) is 5.93. The first-order valence-electron chi connectivity index (χ1n) is 9.10. The van der Waals surface area contributed by atoms with Crippen molar-refractivity contribution in [2.24, 2.45) is 0 Å². The van der Waals surface area contributed by atoms with Crippen molar-refractivity contribution in [1.29, 1.82) is 0 Å². The van der Waals surface area contributed by atoms with Gasteiger partial charge in [-0.3, -0.25) is 14.0 Å². The molecule has 1 aliphatic carbocycles. The first kappa shape index (κ1) is 17.9. The quantitative estimate of drug-likeness (QED) is 0.699. The van der Waals surface area contributed by atoms with Crippen molar-refractivity contribution in [3.05, 3.63) is 58.0 Å². The molecule has 29 heavy (non-hydrogen) atoms. The average Bonchev–Trinajstić information content (AvgIpc) is 3.33. The lowest BCUT2D eigenvalue weighted by Crippen LogP contribution is -2.45. The van der Waals surface area contributed by atoms with Crippen molar-refractivity contribution in [2.75, 3.05) is 11.9 Å². The molecule has 0 radical (unpaired) electrons. The van der Waals surface area contributed by atoms with Gasteiger partial charge in [0.15, 0.2) is 0 Å². The fourth-order valence-corrected chi connectivity index (χ4v) is 4.37. The molecule has 2 aliphatic heterocycles. The second-order valence-corrected chi connectivity index (χ2v) is 7.93. The smallest absolute Gasteiger partial charge is 0.293 e. The monoisotopic (exact) mass is 401 g/mol. The molecule has 10 heteroatoms. The van der Waals surface area contributed by atoms with Crippen LogP contribution < -0.4 is 10.9 Å². The maximum absolute atomic E-state index is 12.8. The van der Waals surface area contributed by atoms with Gasteiger partial charge in [0, 0.05) is 11.6 Å². The predicted molar refractivity (Wildman–Crippen MR) is 98.2 cm³/mol. The summed E-state index contributed by atoms with van der Waals surface area (Å²) in [5, 5.41) is 2.49. The summed E-state index contributed by atoms with van der Waals surface area (Å²) in [6, 6.07) is 3.78. The lowest BCUT2D eigenvalue weighted by molar-refractivity contribution is 0.0154. The number of hydrogen-bond donors (Lipinski definition) is 2. The third kappa shape index (κ3) is 2.82. The maximum atomic E-state index is 12.8. The minimum absolute atomic E-state index is 0.110. The Morgan fingerprint density at radius 1 is 1.31 bits per heavy atom. The van der Waals surface area contributed by atoms with Crippen LogP contribution in [0.15, 0.2) is 35.4 Å². The van der Waals surface area contributed by atoms with Gasteiger partial charge in [0.2, 0.25) is 5.65 Å². The molecule has 5 heterocycles. The number of anilines is 1. The first-order chi connectivity index (χ1) is 13.8. The summed E-state index contributed by atoms with van der Waals surface area (Å²) < 4.78 is 32.9. The van der Waals surface area contributed by atoms with Gasteiger partial charge in [-0.05, 0) is 31.9 Å². The van der Waals surface area contributed by atoms with Crippen LogP contribution in [0.3, 0.4) is 0 Å². The fraction of sp³-hybridized carbons (Fsp3) is 0.368. The fourth-order valence-electron chi connectivity index (χ4n) is 4.37. The van der Waals surface area contributed by atoms with Crippen LogP contribution in [0, 0.1) is 0 Å². The van der Waals surface area contributed by atoms with Gasteiger partial charge in [-0.15, -0.1) is 0 Å². The Morgan fingerprint density at radius 3 is 2.79 bits per heavy atom. The number of carbonyl (C=O) groups is 1. The summed E-state index contributed by atoms with van der Waals surface area (Å²) in [5.41, 5.74) is -0.423. The number of pyridine rings is 1. The zero-order valence-corrected chi connectivity index (χ0v) is 15.4. The number of imidazole rings is 1. The van der Waals surface area contributed by atoms with Gasteiger partial charge in [-0.1, -0.05) is 6.07 Å². The molecule has 3 fully saturated rings. The highest BCUT2D eigenvalue weighted by Gasteiger charge is 2.61. The Bertz CT molecular complexity index is 1200. The molecule has 1 amide bonds. The van der Waals surface area contributed by atoms with Crippen LogP contribution in [0.25, 0.3) is 5.65 Å². The number of halogens is 2. The molecule has 0 atom stereocenters. The summed E-state index contributed by atoms with van der Waals surface area (Å²) in [5.74, 6) is -0.597. The second-order valence-electron chi connectivity index (χ2n) is 7.93. The van der Waals surface area contributed by atoms with E-state index in [1.807, 2.05) is 0 Å². The lowest BCUT2D eigenvalue weighted by atomic mass is 9.62. The summed E-state index contributed by atoms with van der Waals surface area (Å²) >= 11 is 0. The highest BCUT2D eigenvalue weighted by Crippen LogP contribution is 2.58. The Hall–Kier alpha value is -3.14. The molecule has 2 bridgehead atoms. The largest absolute Gasteiger partial charge is 0.374 e. The number of fused-ring (bicyclic) bond motifs is 2. The molecular formula is C19H17F2N5O3. The van der Waals surface area contributed by atoms with Gasteiger partial charge in [0.25, 0.3) is 17.9 Å². The van der Waals surface area contributed by atoms with E-state index in [9.17, 15) is 18.4 Å². The predicted octanol–water partition coefficient (Wildman–Crippen LogP) is 2.43. The molecular weight excluding hydrogens is 384 g/mol. The van der Waals surface area contributed by atoms with Gasteiger partial charge < -0.3 is 15.0 Å². The molecule has 3 aliphatic rings. The molecule has 1 saturated carbocycles. The topological polar surface area (TPSA) is 101 Å². The van der Waals surface area contributed by atoms with Crippen LogP contribution in [-0.2, 0) is 10.2 Å². The van der Waals surface area contributed by atoms with Gasteiger partial charge >= 0.3 is 0 Å². The van der Waals surface area contributed by atoms with Crippen LogP contribution in [-0.4, -0.2) is 37.5 Å². The third-order valence-electron chi connectivity index (χ3n) is 5.59. The zero-order chi connectivity index (χ0) is 20.4. The maximum Gasteiger partial charge on any atom is 0.293 e. The number of nitrogens with one attached hydrogen (secondary N) is 2. The molecule has 8 nitrogen and oxygen atoms in total. The Morgan fingerprint density at radius 2 is 2.10 bits per heavy atom. The molecule has 150 valence electrons. The normalized spacial score (nSPS) is 25.4. The van der Waals surface area contributed by atoms with Crippen molar-refractivity contribution < 1.29 is 18.3 Å². The van der Waals surface area contributed by atoms with Crippen LogP contribution in [0.2, 0.25) is 0 Å². The van der Waals surface area contributed by atoms with Gasteiger partial charge in [-0.25, -0.2) is 18.7 Å². The van der Waals surface area contributed by atoms with Gasteiger partial charge in [-0.2, -0.15) is 0 Å². The van der Waals surface area contributed by atoms with E-state index in [1.54, 1.807) is 10.6 Å². The number of amides is 1. The minimum Gasteiger partial charge on any atom is -0.374 e. The van der Waals surface area contributed by atoms with Gasteiger partial charge in [0.1, 0.15) is 17.2 Å².